The van der Waals surface area contributed by atoms with Crippen LogP contribution in [0.15, 0.2) is 48.0 Å². The van der Waals surface area contributed by atoms with Gasteiger partial charge in [-0.3, -0.25) is 4.79 Å². The number of anilines is 1. The number of benzene rings is 1. The Morgan fingerprint density at radius 2 is 2.24 bits per heavy atom. The molecule has 1 saturated heterocycles. The van der Waals surface area contributed by atoms with Crippen molar-refractivity contribution in [3.8, 4) is 0 Å². The lowest BCUT2D eigenvalue weighted by molar-refractivity contribution is -0.117. The van der Waals surface area contributed by atoms with E-state index < -0.39 is 0 Å². The third kappa shape index (κ3) is 3.70. The molecule has 2 heterocycles. The maximum absolute atomic E-state index is 11.9. The number of carbonyl (C=O) groups excluding carboxylic acids is 1. The molecule has 0 saturated carbocycles. The van der Waals surface area contributed by atoms with Crippen molar-refractivity contribution in [1.82, 2.24) is 10.3 Å². The van der Waals surface area contributed by atoms with Crippen molar-refractivity contribution in [2.45, 2.75) is 12.5 Å². The average molecular weight is 299 g/mol. The van der Waals surface area contributed by atoms with Gasteiger partial charge in [0.15, 0.2) is 5.13 Å². The van der Waals surface area contributed by atoms with Gasteiger partial charge in [0.05, 0.1) is 0 Å². The third-order valence-electron chi connectivity index (χ3n) is 3.45. The summed E-state index contributed by atoms with van der Waals surface area (Å²) in [6, 6.07) is 10.0. The molecule has 0 bridgehead atoms. The summed E-state index contributed by atoms with van der Waals surface area (Å²) in [6.07, 6.45) is 6.21. The lowest BCUT2D eigenvalue weighted by Gasteiger charge is -2.15. The van der Waals surface area contributed by atoms with Crippen LogP contribution >= 0.6 is 11.3 Å². The van der Waals surface area contributed by atoms with Crippen molar-refractivity contribution < 1.29 is 4.79 Å². The van der Waals surface area contributed by atoms with Gasteiger partial charge < -0.3 is 10.2 Å². The summed E-state index contributed by atoms with van der Waals surface area (Å²) < 4.78 is 0. The Kier molecular flexibility index (Phi) is 4.31. The molecule has 21 heavy (non-hydrogen) atoms. The first-order valence-corrected chi connectivity index (χ1v) is 7.87. The van der Waals surface area contributed by atoms with E-state index in [0.29, 0.717) is 0 Å². The Morgan fingerprint density at radius 1 is 1.38 bits per heavy atom. The van der Waals surface area contributed by atoms with Gasteiger partial charge in [-0.1, -0.05) is 30.3 Å². The van der Waals surface area contributed by atoms with E-state index in [9.17, 15) is 4.79 Å². The predicted octanol–water partition coefficient (Wildman–Crippen LogP) is 2.55. The standard InChI is InChI=1S/C16H17N3OS/c20-15(7-6-13-4-2-1-3-5-13)18-14-8-10-19(12-14)16-17-9-11-21-16/h1-7,9,11,14H,8,10,12H2,(H,18,20)/b7-6+/t14-/m1/s1. The van der Waals surface area contributed by atoms with E-state index in [4.69, 9.17) is 0 Å². The SMILES string of the molecule is O=C(/C=C/c1ccccc1)N[C@@H]1CCN(c2nccs2)C1. The highest BCUT2D eigenvalue weighted by molar-refractivity contribution is 7.13. The number of hydrogen-bond donors (Lipinski definition) is 1. The fourth-order valence-electron chi connectivity index (χ4n) is 2.41. The third-order valence-corrected chi connectivity index (χ3v) is 4.28. The fourth-order valence-corrected chi connectivity index (χ4v) is 3.09. The summed E-state index contributed by atoms with van der Waals surface area (Å²) in [6.45, 7) is 1.78. The highest BCUT2D eigenvalue weighted by Gasteiger charge is 2.24. The molecule has 1 fully saturated rings. The molecular weight excluding hydrogens is 282 g/mol. The normalized spacial score (nSPS) is 18.3. The molecule has 0 spiro atoms. The molecule has 0 unspecified atom stereocenters. The maximum atomic E-state index is 11.9. The first-order valence-electron chi connectivity index (χ1n) is 6.99. The predicted molar refractivity (Wildman–Crippen MR) is 86.4 cm³/mol. The van der Waals surface area contributed by atoms with Crippen molar-refractivity contribution in [3.05, 3.63) is 53.5 Å². The van der Waals surface area contributed by atoms with E-state index >= 15 is 0 Å². The number of amides is 1. The van der Waals surface area contributed by atoms with Crippen LogP contribution in [0.25, 0.3) is 6.08 Å². The van der Waals surface area contributed by atoms with Crippen molar-refractivity contribution in [2.24, 2.45) is 0 Å². The largest absolute Gasteiger partial charge is 0.348 e. The fraction of sp³-hybridized carbons (Fsp3) is 0.250. The van der Waals surface area contributed by atoms with Crippen LogP contribution in [0.3, 0.4) is 0 Å². The second kappa shape index (κ2) is 6.54. The number of hydrogen-bond acceptors (Lipinski definition) is 4. The number of rotatable bonds is 4. The zero-order valence-electron chi connectivity index (χ0n) is 11.6. The van der Waals surface area contributed by atoms with Gasteiger partial charge in [0.1, 0.15) is 0 Å². The van der Waals surface area contributed by atoms with E-state index in [2.05, 4.69) is 15.2 Å². The van der Waals surface area contributed by atoms with Gasteiger partial charge in [-0.2, -0.15) is 0 Å². The molecule has 0 radical (unpaired) electrons. The molecule has 1 aromatic heterocycles. The molecule has 1 amide bonds. The molecule has 2 aromatic rings. The van der Waals surface area contributed by atoms with Crippen LogP contribution in [0, 0.1) is 0 Å². The minimum atomic E-state index is -0.0372. The second-order valence-corrected chi connectivity index (χ2v) is 5.87. The topological polar surface area (TPSA) is 45.2 Å². The van der Waals surface area contributed by atoms with Crippen LogP contribution in [0.2, 0.25) is 0 Å². The van der Waals surface area contributed by atoms with Gasteiger partial charge >= 0.3 is 0 Å². The summed E-state index contributed by atoms with van der Waals surface area (Å²) in [7, 11) is 0. The Hall–Kier alpha value is -2.14. The molecule has 3 rings (SSSR count). The van der Waals surface area contributed by atoms with Crippen LogP contribution in [0.4, 0.5) is 5.13 Å². The smallest absolute Gasteiger partial charge is 0.244 e. The highest BCUT2D eigenvalue weighted by Crippen LogP contribution is 2.22. The lowest BCUT2D eigenvalue weighted by atomic mass is 10.2. The van der Waals surface area contributed by atoms with Crippen molar-refractivity contribution in [3.63, 3.8) is 0 Å². The molecule has 1 N–H and O–H groups in total. The van der Waals surface area contributed by atoms with E-state index in [1.54, 1.807) is 17.4 Å². The van der Waals surface area contributed by atoms with Gasteiger partial charge in [0.25, 0.3) is 0 Å². The molecule has 4 nitrogen and oxygen atoms in total. The minimum absolute atomic E-state index is 0.0372. The Morgan fingerprint density at radius 3 is 3.00 bits per heavy atom. The van der Waals surface area contributed by atoms with Gasteiger partial charge in [-0.05, 0) is 18.1 Å². The first-order chi connectivity index (χ1) is 10.3. The summed E-state index contributed by atoms with van der Waals surface area (Å²) in [5.41, 5.74) is 1.03. The Labute approximate surface area is 128 Å². The van der Waals surface area contributed by atoms with Crippen molar-refractivity contribution in [1.29, 1.82) is 0 Å². The van der Waals surface area contributed by atoms with Crippen LogP contribution in [-0.2, 0) is 4.79 Å². The number of nitrogens with one attached hydrogen (secondary N) is 1. The number of nitrogens with zero attached hydrogens (tertiary/aromatic N) is 2. The molecule has 1 aromatic carbocycles. The molecular formula is C16H17N3OS. The molecule has 1 aliphatic rings. The Balaban J connectivity index is 1.51. The van der Waals surface area contributed by atoms with E-state index in [0.717, 1.165) is 30.2 Å². The van der Waals surface area contributed by atoms with Crippen LogP contribution < -0.4 is 10.2 Å². The molecule has 5 heteroatoms. The zero-order valence-corrected chi connectivity index (χ0v) is 12.4. The lowest BCUT2D eigenvalue weighted by Crippen LogP contribution is -2.36. The number of thiazole rings is 1. The zero-order chi connectivity index (χ0) is 14.5. The second-order valence-electron chi connectivity index (χ2n) is 5.00. The van der Waals surface area contributed by atoms with E-state index in [-0.39, 0.29) is 11.9 Å². The quantitative estimate of drug-likeness (QED) is 0.883. The average Bonchev–Trinajstić information content (AvgIpc) is 3.17. The van der Waals surface area contributed by atoms with Crippen molar-refractivity contribution in [2.75, 3.05) is 18.0 Å². The monoisotopic (exact) mass is 299 g/mol. The van der Waals surface area contributed by atoms with Crippen LogP contribution in [0.5, 0.6) is 0 Å². The van der Waals surface area contributed by atoms with E-state index in [1.165, 1.54) is 0 Å². The van der Waals surface area contributed by atoms with E-state index in [1.807, 2.05) is 48.0 Å². The molecule has 1 atom stereocenters. The van der Waals surface area contributed by atoms with Gasteiger partial charge in [0, 0.05) is 36.8 Å². The maximum Gasteiger partial charge on any atom is 0.244 e. The summed E-state index contributed by atoms with van der Waals surface area (Å²) in [4.78, 5) is 18.5. The van der Waals surface area contributed by atoms with Gasteiger partial charge in [0.2, 0.25) is 5.91 Å². The minimum Gasteiger partial charge on any atom is -0.348 e. The first kappa shape index (κ1) is 13.8. The summed E-state index contributed by atoms with van der Waals surface area (Å²) in [5, 5.41) is 6.06. The highest BCUT2D eigenvalue weighted by atomic mass is 32.1. The Bertz CT molecular complexity index is 610. The van der Waals surface area contributed by atoms with Crippen LogP contribution in [-0.4, -0.2) is 30.0 Å². The number of aromatic nitrogens is 1. The van der Waals surface area contributed by atoms with Crippen LogP contribution in [0.1, 0.15) is 12.0 Å². The summed E-state index contributed by atoms with van der Waals surface area (Å²) in [5.74, 6) is -0.0372. The van der Waals surface area contributed by atoms with Gasteiger partial charge in [-0.15, -0.1) is 11.3 Å². The molecule has 1 aliphatic heterocycles. The summed E-state index contributed by atoms with van der Waals surface area (Å²) >= 11 is 1.64. The molecule has 108 valence electrons. The molecule has 0 aliphatic carbocycles. The number of carbonyl (C=O) groups is 1. The van der Waals surface area contributed by atoms with Gasteiger partial charge in [-0.25, -0.2) is 4.98 Å². The van der Waals surface area contributed by atoms with Crippen molar-refractivity contribution >= 4 is 28.5 Å².